The van der Waals surface area contributed by atoms with Crippen LogP contribution in [0.15, 0.2) is 36.1 Å². The quantitative estimate of drug-likeness (QED) is 0.0421. The van der Waals surface area contributed by atoms with Crippen molar-refractivity contribution in [3.05, 3.63) is 36.1 Å². The minimum atomic E-state index is -5.21. The summed E-state index contributed by atoms with van der Waals surface area (Å²) in [6.45, 7) is 14.1. The Labute approximate surface area is 307 Å². The molecule has 0 saturated carbocycles. The van der Waals surface area contributed by atoms with Gasteiger partial charge in [-0.05, 0) is 38.2 Å². The number of amides is 4. The first-order chi connectivity index (χ1) is 24.2. The molecule has 1 saturated heterocycles. The molecule has 0 spiro atoms. The number of esters is 1. The van der Waals surface area contributed by atoms with Crippen molar-refractivity contribution < 1.29 is 50.7 Å². The molecule has 294 valence electrons. The van der Waals surface area contributed by atoms with E-state index < -0.39 is 82.4 Å². The molecule has 0 aromatic rings. The van der Waals surface area contributed by atoms with Gasteiger partial charge in [-0.3, -0.25) is 28.5 Å². The Morgan fingerprint density at radius 3 is 2.33 bits per heavy atom. The van der Waals surface area contributed by atoms with Crippen LogP contribution in [0.25, 0.3) is 0 Å². The number of carbonyl (C=O) groups excluding carboxylic acids is 6. The number of primary amides is 1. The Hall–Kier alpha value is -3.89. The van der Waals surface area contributed by atoms with Crippen LogP contribution in [0.1, 0.15) is 106 Å². The normalized spacial score (nSPS) is 23.1. The maximum absolute atomic E-state index is 13.5. The van der Waals surface area contributed by atoms with Gasteiger partial charge in [0.15, 0.2) is 11.9 Å². The lowest BCUT2D eigenvalue weighted by Gasteiger charge is -2.29. The molecule has 0 radical (unpaired) electrons. The molecule has 1 heterocycles. The van der Waals surface area contributed by atoms with Crippen LogP contribution in [0.3, 0.4) is 0 Å². The predicted octanol–water partition coefficient (Wildman–Crippen LogP) is 3.35. The van der Waals surface area contributed by atoms with E-state index in [-0.39, 0.29) is 30.9 Å². The third-order valence-corrected chi connectivity index (χ3v) is 9.41. The standard InChI is InChI=1S/C36H58N4O11S/c1-8-9-10-11-12-13-22(2)14-15-23(3)16-18-29(41)24(4)17-19-30-26(6)34(44)39-27(7)35(45)38-21-25(5)33(43)40-28(36(46)50-30)20-31(32(37)42)51-52(47,48)49/h15-16,18,22,24-26,28,30-31H,7-14,17,19-21H2,1-6H3,(H2,37,42)(H,38,45)(H,39,44)(H,40,43)(H,47,48,49)/b18-16+,23-15+/t22-,24+,25-,26-,28-,30+,31+/m0/s1. The van der Waals surface area contributed by atoms with Crippen LogP contribution in [-0.2, 0) is 48.1 Å². The topological polar surface area (TPSA) is 237 Å². The number of ketones is 1. The number of hydrogen-bond acceptors (Lipinski definition) is 10. The lowest BCUT2D eigenvalue weighted by Crippen LogP contribution is -2.51. The van der Waals surface area contributed by atoms with Gasteiger partial charge in [-0.25, -0.2) is 8.98 Å². The van der Waals surface area contributed by atoms with E-state index in [0.29, 0.717) is 5.92 Å². The molecular weight excluding hydrogens is 696 g/mol. The SMILES string of the molecule is C=C1NC(=O)[C@@H](C)[C@@H](CC[C@@H](C)C(=O)/C=C/C(C)=C/C[C@@H](C)CCCCCCC)OC(=O)[C@H](C[C@@H](OS(=O)(=O)O)C(N)=O)NC(=O)[C@@H](C)CNC1=O. The van der Waals surface area contributed by atoms with E-state index in [1.165, 1.54) is 52.0 Å². The Kier molecular flexibility index (Phi) is 20.3. The number of nitrogens with two attached hydrogens (primary N) is 1. The average Bonchev–Trinajstić information content (AvgIpc) is 3.07. The Morgan fingerprint density at radius 2 is 1.71 bits per heavy atom. The van der Waals surface area contributed by atoms with Crippen molar-refractivity contribution in [3.63, 3.8) is 0 Å². The van der Waals surface area contributed by atoms with Crippen LogP contribution in [0.5, 0.6) is 0 Å². The second-order valence-electron chi connectivity index (χ2n) is 13.8. The Bertz CT molecular complexity index is 1440. The van der Waals surface area contributed by atoms with E-state index in [0.717, 1.165) is 18.4 Å². The minimum Gasteiger partial charge on any atom is -0.460 e. The summed E-state index contributed by atoms with van der Waals surface area (Å²) in [7, 11) is -5.21. The largest absolute Gasteiger partial charge is 0.460 e. The number of allylic oxidation sites excluding steroid dienone is 4. The zero-order valence-electron chi connectivity index (χ0n) is 31.3. The fourth-order valence-corrected chi connectivity index (χ4v) is 5.74. The maximum atomic E-state index is 13.5. The van der Waals surface area contributed by atoms with Gasteiger partial charge in [0.25, 0.3) is 5.91 Å². The number of ether oxygens (including phenoxy) is 1. The van der Waals surface area contributed by atoms with Gasteiger partial charge >= 0.3 is 16.4 Å². The van der Waals surface area contributed by atoms with Crippen molar-refractivity contribution in [2.45, 2.75) is 124 Å². The molecule has 4 amide bonds. The van der Waals surface area contributed by atoms with Gasteiger partial charge in [-0.1, -0.05) is 97.4 Å². The lowest BCUT2D eigenvalue weighted by atomic mass is 9.92. The summed E-state index contributed by atoms with van der Waals surface area (Å²) in [4.78, 5) is 77.2. The van der Waals surface area contributed by atoms with Crippen LogP contribution in [0.4, 0.5) is 0 Å². The number of unbranched alkanes of at least 4 members (excludes halogenated alkanes) is 4. The predicted molar refractivity (Wildman–Crippen MR) is 194 cm³/mol. The molecular formula is C36H58N4O11S. The first-order valence-electron chi connectivity index (χ1n) is 17.9. The molecule has 1 aliphatic rings. The first kappa shape index (κ1) is 46.1. The molecule has 1 fully saturated rings. The second-order valence-corrected chi connectivity index (χ2v) is 14.8. The number of carbonyl (C=O) groups is 6. The summed E-state index contributed by atoms with van der Waals surface area (Å²) >= 11 is 0. The first-order valence-corrected chi connectivity index (χ1v) is 19.2. The molecule has 1 rings (SSSR count). The fraction of sp³-hybridized carbons (Fsp3) is 0.667. The summed E-state index contributed by atoms with van der Waals surface area (Å²) in [6, 6.07) is -1.75. The van der Waals surface area contributed by atoms with Crippen LogP contribution in [-0.4, -0.2) is 73.1 Å². The summed E-state index contributed by atoms with van der Waals surface area (Å²) in [5.74, 6) is -7.19. The summed E-state index contributed by atoms with van der Waals surface area (Å²) in [5, 5.41) is 7.15. The Morgan fingerprint density at radius 1 is 1.06 bits per heavy atom. The summed E-state index contributed by atoms with van der Waals surface area (Å²) < 4.78 is 41.8. The number of nitrogens with one attached hydrogen (secondary N) is 3. The van der Waals surface area contributed by atoms with E-state index in [4.69, 9.17) is 15.0 Å². The summed E-state index contributed by atoms with van der Waals surface area (Å²) in [5.41, 5.74) is 5.87. The average molecular weight is 755 g/mol. The highest BCUT2D eigenvalue weighted by Gasteiger charge is 2.37. The van der Waals surface area contributed by atoms with E-state index in [1.54, 1.807) is 13.0 Å². The van der Waals surface area contributed by atoms with E-state index in [9.17, 15) is 37.2 Å². The molecule has 0 aromatic heterocycles. The minimum absolute atomic E-state index is 0.0256. The van der Waals surface area contributed by atoms with Crippen molar-refractivity contribution in [3.8, 4) is 0 Å². The lowest BCUT2D eigenvalue weighted by molar-refractivity contribution is -0.159. The van der Waals surface area contributed by atoms with Gasteiger partial charge in [-0.2, -0.15) is 8.42 Å². The molecule has 0 unspecified atom stereocenters. The summed E-state index contributed by atoms with van der Waals surface area (Å²) in [6.07, 6.45) is 9.49. The highest BCUT2D eigenvalue weighted by atomic mass is 32.3. The molecule has 6 N–H and O–H groups in total. The van der Waals surface area contributed by atoms with Crippen molar-refractivity contribution in [2.24, 2.45) is 29.4 Å². The Balaban J connectivity index is 3.18. The highest BCUT2D eigenvalue weighted by molar-refractivity contribution is 7.80. The van der Waals surface area contributed by atoms with Gasteiger partial charge in [0, 0.05) is 18.9 Å². The van der Waals surface area contributed by atoms with Gasteiger partial charge in [-0.15, -0.1) is 0 Å². The molecule has 1 aliphatic heterocycles. The number of cyclic esters (lactones) is 1. The van der Waals surface area contributed by atoms with Crippen molar-refractivity contribution >= 4 is 45.8 Å². The van der Waals surface area contributed by atoms with Crippen LogP contribution in [0.2, 0.25) is 0 Å². The van der Waals surface area contributed by atoms with Gasteiger partial charge < -0.3 is 26.4 Å². The number of rotatable bonds is 19. The van der Waals surface area contributed by atoms with Crippen LogP contribution in [0, 0.1) is 23.7 Å². The van der Waals surface area contributed by atoms with E-state index >= 15 is 0 Å². The molecule has 0 aromatic carbocycles. The van der Waals surface area contributed by atoms with E-state index in [1.807, 2.05) is 6.92 Å². The van der Waals surface area contributed by atoms with Gasteiger partial charge in [0.1, 0.15) is 12.1 Å². The monoisotopic (exact) mass is 754 g/mol. The van der Waals surface area contributed by atoms with Gasteiger partial charge in [0.05, 0.1) is 17.5 Å². The number of hydrogen-bond donors (Lipinski definition) is 5. The molecule has 16 heteroatoms. The third-order valence-electron chi connectivity index (χ3n) is 8.93. The zero-order valence-corrected chi connectivity index (χ0v) is 32.1. The van der Waals surface area contributed by atoms with Crippen LogP contribution >= 0.6 is 0 Å². The molecule has 15 nitrogen and oxygen atoms in total. The smallest absolute Gasteiger partial charge is 0.398 e. The molecule has 52 heavy (non-hydrogen) atoms. The maximum Gasteiger partial charge on any atom is 0.398 e. The molecule has 0 aliphatic carbocycles. The van der Waals surface area contributed by atoms with Gasteiger partial charge in [0.2, 0.25) is 17.7 Å². The molecule has 0 bridgehead atoms. The second kappa shape index (κ2) is 22.9. The third kappa shape index (κ3) is 18.0. The molecule has 7 atom stereocenters. The zero-order chi connectivity index (χ0) is 39.6. The van der Waals surface area contributed by atoms with Crippen LogP contribution < -0.4 is 21.7 Å². The van der Waals surface area contributed by atoms with E-state index in [2.05, 4.69) is 46.6 Å². The van der Waals surface area contributed by atoms with Crippen molar-refractivity contribution in [1.29, 1.82) is 0 Å². The fourth-order valence-electron chi connectivity index (χ4n) is 5.27. The van der Waals surface area contributed by atoms with Crippen molar-refractivity contribution in [2.75, 3.05) is 6.54 Å². The highest BCUT2D eigenvalue weighted by Crippen LogP contribution is 2.22. The van der Waals surface area contributed by atoms with Crippen molar-refractivity contribution in [1.82, 2.24) is 16.0 Å².